The molecule has 43 heavy (non-hydrogen) atoms. The molecule has 6 rings (SSSR count). The van der Waals surface area contributed by atoms with Crippen molar-refractivity contribution >= 4 is 46.0 Å². The van der Waals surface area contributed by atoms with E-state index in [1.807, 2.05) is 36.2 Å². The summed E-state index contributed by atoms with van der Waals surface area (Å²) >= 11 is 1.55. The van der Waals surface area contributed by atoms with E-state index in [0.29, 0.717) is 43.0 Å². The number of alkyl carbamates (subject to hydrolysis) is 1. The third-order valence-corrected chi connectivity index (χ3v) is 8.47. The number of hydrogen-bond acceptors (Lipinski definition) is 10. The zero-order valence-electron chi connectivity index (χ0n) is 24.9. The van der Waals surface area contributed by atoms with Gasteiger partial charge in [-0.25, -0.2) is 24.7 Å². The van der Waals surface area contributed by atoms with E-state index in [-0.39, 0.29) is 11.9 Å². The molecular formula is C30H37N9O3S. The van der Waals surface area contributed by atoms with Gasteiger partial charge in [-0.15, -0.1) is 11.3 Å². The number of nitrogens with two attached hydrogens (primary N) is 1. The normalized spacial score (nSPS) is 18.7. The summed E-state index contributed by atoms with van der Waals surface area (Å²) in [6.07, 6.45) is 5.68. The van der Waals surface area contributed by atoms with Gasteiger partial charge in [0.15, 0.2) is 11.5 Å². The number of nitrogen functional groups attached to an aromatic ring is 1. The first-order valence-electron chi connectivity index (χ1n) is 14.6. The zero-order chi connectivity index (χ0) is 30.4. The van der Waals surface area contributed by atoms with Crippen LogP contribution in [0.5, 0.6) is 0 Å². The molecule has 0 bridgehead atoms. The molecule has 4 aromatic rings. The lowest BCUT2D eigenvalue weighted by molar-refractivity contribution is -0.127. The van der Waals surface area contributed by atoms with Crippen molar-refractivity contribution in [2.45, 2.75) is 77.1 Å². The number of carbonyl (C=O) groups excluding carboxylic acids is 2. The van der Waals surface area contributed by atoms with Crippen LogP contribution >= 0.6 is 11.3 Å². The number of thiazole rings is 1. The van der Waals surface area contributed by atoms with Gasteiger partial charge in [0.05, 0.1) is 30.6 Å². The van der Waals surface area contributed by atoms with Gasteiger partial charge in [-0.1, -0.05) is 6.92 Å². The van der Waals surface area contributed by atoms with E-state index in [1.54, 1.807) is 17.7 Å². The Morgan fingerprint density at radius 1 is 1.19 bits per heavy atom. The largest absolute Gasteiger partial charge is 0.444 e. The maximum Gasteiger partial charge on any atom is 0.408 e. The summed E-state index contributed by atoms with van der Waals surface area (Å²) in [6.45, 7) is 8.90. The van der Waals surface area contributed by atoms with Crippen molar-refractivity contribution in [3.05, 3.63) is 46.8 Å². The molecule has 2 aliphatic rings. The number of aryl methyl sites for hydroxylation is 1. The molecule has 1 aromatic carbocycles. The second-order valence-corrected chi connectivity index (χ2v) is 13.0. The smallest absolute Gasteiger partial charge is 0.408 e. The van der Waals surface area contributed by atoms with Crippen molar-refractivity contribution in [2.24, 2.45) is 0 Å². The second-order valence-electron chi connectivity index (χ2n) is 12.3. The van der Waals surface area contributed by atoms with Crippen LogP contribution in [0, 0.1) is 0 Å². The predicted molar refractivity (Wildman–Crippen MR) is 166 cm³/mol. The highest BCUT2D eigenvalue weighted by atomic mass is 32.1. The van der Waals surface area contributed by atoms with Crippen molar-refractivity contribution in [3.8, 4) is 11.3 Å². The molecule has 1 aliphatic carbocycles. The van der Waals surface area contributed by atoms with Gasteiger partial charge in [0.2, 0.25) is 5.91 Å². The lowest BCUT2D eigenvalue weighted by atomic mass is 9.96. The summed E-state index contributed by atoms with van der Waals surface area (Å²) in [5.41, 5.74) is 12.3. The molecule has 226 valence electrons. The predicted octanol–water partition coefficient (Wildman–Crippen LogP) is 3.89. The van der Waals surface area contributed by atoms with Crippen LogP contribution < -0.4 is 21.3 Å². The fraction of sp³-hybridized carbons (Fsp3) is 0.467. The molecule has 1 atom stereocenters. The Bertz CT molecular complexity index is 1660. The summed E-state index contributed by atoms with van der Waals surface area (Å²) < 4.78 is 7.57. The van der Waals surface area contributed by atoms with Crippen LogP contribution in [0.4, 0.5) is 16.3 Å². The van der Waals surface area contributed by atoms with E-state index in [1.165, 1.54) is 6.33 Å². The van der Waals surface area contributed by atoms with Gasteiger partial charge >= 0.3 is 6.09 Å². The number of nitrogens with zero attached hydrogens (tertiary/aromatic N) is 6. The number of hydrogen-bond donors (Lipinski definition) is 3. The zero-order valence-corrected chi connectivity index (χ0v) is 25.7. The van der Waals surface area contributed by atoms with Gasteiger partial charge in [0.25, 0.3) is 0 Å². The molecule has 13 heteroatoms. The molecule has 1 saturated carbocycles. The lowest BCUT2D eigenvalue weighted by Crippen LogP contribution is -2.61. The average Bonchev–Trinajstić information content (AvgIpc) is 3.32. The Labute approximate surface area is 254 Å². The molecule has 0 radical (unpaired) electrons. The molecule has 1 aliphatic heterocycles. The number of fused-ring (bicyclic) bond motifs is 1. The second kappa shape index (κ2) is 11.1. The fourth-order valence-corrected chi connectivity index (χ4v) is 6.15. The Balaban J connectivity index is 1.41. The van der Waals surface area contributed by atoms with Crippen LogP contribution in [-0.4, -0.2) is 66.8 Å². The van der Waals surface area contributed by atoms with Gasteiger partial charge < -0.3 is 30.6 Å². The minimum absolute atomic E-state index is 0.151. The van der Waals surface area contributed by atoms with Crippen molar-refractivity contribution < 1.29 is 14.3 Å². The number of aromatic nitrogens is 5. The molecule has 0 spiro atoms. The lowest BCUT2D eigenvalue weighted by Gasteiger charge is -2.32. The number of carbonyl (C=O) groups is 2. The van der Waals surface area contributed by atoms with Crippen molar-refractivity contribution in [2.75, 3.05) is 23.7 Å². The minimum atomic E-state index is -1.14. The molecule has 12 nitrogen and oxygen atoms in total. The Kier molecular flexibility index (Phi) is 7.45. The maximum atomic E-state index is 13.7. The first kappa shape index (κ1) is 28.8. The van der Waals surface area contributed by atoms with Gasteiger partial charge in [0.1, 0.15) is 23.0 Å². The molecule has 4 N–H and O–H groups in total. The van der Waals surface area contributed by atoms with Crippen LogP contribution in [-0.2, 0) is 22.5 Å². The van der Waals surface area contributed by atoms with Crippen LogP contribution in [0.25, 0.3) is 22.4 Å². The summed E-state index contributed by atoms with van der Waals surface area (Å²) in [5.74, 6) is 0.154. The Morgan fingerprint density at radius 2 is 2.00 bits per heavy atom. The number of ether oxygens (including phenoxy) is 1. The van der Waals surface area contributed by atoms with Crippen molar-refractivity contribution in [1.82, 2.24) is 35.1 Å². The molecule has 0 unspecified atom stereocenters. The Hall–Kier alpha value is -4.26. The third kappa shape index (κ3) is 5.99. The van der Waals surface area contributed by atoms with E-state index >= 15 is 0 Å². The van der Waals surface area contributed by atoms with Gasteiger partial charge in [-0.3, -0.25) is 4.79 Å². The topological polar surface area (TPSA) is 153 Å². The highest BCUT2D eigenvalue weighted by Crippen LogP contribution is 2.37. The first-order chi connectivity index (χ1) is 20.5. The minimum Gasteiger partial charge on any atom is -0.444 e. The quantitative estimate of drug-likeness (QED) is 0.272. The number of rotatable bonds is 8. The van der Waals surface area contributed by atoms with Gasteiger partial charge in [-0.05, 0) is 69.7 Å². The number of nitrogens with one attached hydrogen (secondary N) is 2. The van der Waals surface area contributed by atoms with Crippen LogP contribution in [0.2, 0.25) is 0 Å². The summed E-state index contributed by atoms with van der Waals surface area (Å²) in [6, 6.07) is 4.46. The third-order valence-electron chi connectivity index (χ3n) is 7.88. The number of anilines is 2. The van der Waals surface area contributed by atoms with Crippen LogP contribution in [0.3, 0.4) is 0 Å². The molecule has 1 saturated heterocycles. The average molecular weight is 604 g/mol. The van der Waals surface area contributed by atoms with Crippen molar-refractivity contribution in [3.63, 3.8) is 0 Å². The highest BCUT2D eigenvalue weighted by molar-refractivity contribution is 7.07. The Morgan fingerprint density at radius 3 is 2.70 bits per heavy atom. The fourth-order valence-electron chi connectivity index (χ4n) is 5.59. The summed E-state index contributed by atoms with van der Waals surface area (Å²) in [4.78, 5) is 46.5. The standard InChI is InChI=1S/C30H37N9O3S/c1-5-18-10-19(22-13-43-17-35-22)11-23(21(18)12-39-16-34-24-25(31)32-15-33-26(24)39)38-9-8-30(14-38,27(40)36-20-6-7-20)37-28(41)42-29(2,3)4/h10-11,13,15-17,20H,5-9,12,14H2,1-4H3,(H,36,40)(H,37,41)(H2,31,32,33)/t30-/m1/s1. The van der Waals surface area contributed by atoms with E-state index in [0.717, 1.165) is 47.3 Å². The summed E-state index contributed by atoms with van der Waals surface area (Å²) in [7, 11) is 0. The van der Waals surface area contributed by atoms with E-state index in [4.69, 9.17) is 10.5 Å². The number of imidazole rings is 1. The number of amides is 2. The molecule has 2 fully saturated rings. The summed E-state index contributed by atoms with van der Waals surface area (Å²) in [5, 5.41) is 8.13. The first-order valence-corrected chi connectivity index (χ1v) is 15.5. The van der Waals surface area contributed by atoms with E-state index in [9.17, 15) is 9.59 Å². The van der Waals surface area contributed by atoms with E-state index < -0.39 is 17.2 Å². The van der Waals surface area contributed by atoms with Crippen LogP contribution in [0.1, 0.15) is 58.1 Å². The highest BCUT2D eigenvalue weighted by Gasteiger charge is 2.48. The molecule has 3 aromatic heterocycles. The van der Waals surface area contributed by atoms with Gasteiger partial charge in [-0.2, -0.15) is 0 Å². The van der Waals surface area contributed by atoms with Crippen LogP contribution in [0.15, 0.2) is 35.7 Å². The molecule has 2 amide bonds. The van der Waals surface area contributed by atoms with E-state index in [2.05, 4.69) is 54.5 Å². The van der Waals surface area contributed by atoms with Crippen molar-refractivity contribution in [1.29, 1.82) is 0 Å². The molecular weight excluding hydrogens is 566 g/mol. The SMILES string of the molecule is CCc1cc(-c2cscn2)cc(N2CC[C@](NC(=O)OC(C)(C)C)(C(=O)NC3CC3)C2)c1Cn1cnc2c(N)ncnc21. The van der Waals surface area contributed by atoms with Gasteiger partial charge in [0, 0.05) is 29.2 Å². The molecule has 4 heterocycles. The number of benzene rings is 1. The monoisotopic (exact) mass is 603 g/mol. The maximum absolute atomic E-state index is 13.7.